The summed E-state index contributed by atoms with van der Waals surface area (Å²) >= 11 is 0. The van der Waals surface area contributed by atoms with Crippen LogP contribution in [0.1, 0.15) is 18.4 Å². The van der Waals surface area contributed by atoms with E-state index >= 15 is 0 Å². The van der Waals surface area contributed by atoms with Crippen molar-refractivity contribution >= 4 is 21.4 Å². The lowest BCUT2D eigenvalue weighted by Crippen LogP contribution is -2.42. The lowest BCUT2D eigenvalue weighted by atomic mass is 9.75. The van der Waals surface area contributed by atoms with Crippen LogP contribution in [0.15, 0.2) is 18.2 Å². The first kappa shape index (κ1) is 13.7. The summed E-state index contributed by atoms with van der Waals surface area (Å²) in [7, 11) is -1.12. The first-order valence-electron chi connectivity index (χ1n) is 6.94. The van der Waals surface area contributed by atoms with Crippen LogP contribution in [0.4, 0.5) is 11.4 Å². The van der Waals surface area contributed by atoms with Crippen LogP contribution in [0.5, 0.6) is 0 Å². The van der Waals surface area contributed by atoms with Gasteiger partial charge >= 0.3 is 0 Å². The van der Waals surface area contributed by atoms with Gasteiger partial charge < -0.3 is 10.2 Å². The Labute approximate surface area is 120 Å². The molecular weight excluding hydrogens is 274 g/mol. The van der Waals surface area contributed by atoms with Gasteiger partial charge in [0.2, 0.25) is 10.0 Å². The number of hydrogen-bond donors (Lipinski definition) is 2. The normalized spacial score (nSPS) is 21.0. The second kappa shape index (κ2) is 4.63. The average molecular weight is 295 g/mol. The van der Waals surface area contributed by atoms with Crippen LogP contribution in [0.3, 0.4) is 0 Å². The van der Waals surface area contributed by atoms with Gasteiger partial charge in [0.15, 0.2) is 0 Å². The van der Waals surface area contributed by atoms with E-state index in [-0.39, 0.29) is 5.41 Å². The van der Waals surface area contributed by atoms with E-state index in [4.69, 9.17) is 0 Å². The number of hydrogen-bond acceptors (Lipinski definition) is 4. The minimum Gasteiger partial charge on any atom is -0.373 e. The van der Waals surface area contributed by atoms with Gasteiger partial charge in [-0.3, -0.25) is 4.72 Å². The maximum Gasteiger partial charge on any atom is 0.229 e. The average Bonchev–Trinajstić information content (AvgIpc) is 2.61. The van der Waals surface area contributed by atoms with Gasteiger partial charge in [-0.05, 0) is 49.7 Å². The van der Waals surface area contributed by atoms with Gasteiger partial charge in [-0.15, -0.1) is 0 Å². The molecule has 0 aliphatic carbocycles. The van der Waals surface area contributed by atoms with Gasteiger partial charge in [0.05, 0.1) is 6.26 Å². The van der Waals surface area contributed by atoms with E-state index in [1.807, 2.05) is 18.2 Å². The maximum absolute atomic E-state index is 11.4. The van der Waals surface area contributed by atoms with Crippen molar-refractivity contribution < 1.29 is 8.42 Å². The molecule has 3 rings (SSSR count). The smallest absolute Gasteiger partial charge is 0.229 e. The minimum absolute atomic E-state index is 0.171. The van der Waals surface area contributed by atoms with E-state index in [1.54, 1.807) is 0 Å². The van der Waals surface area contributed by atoms with Crippen molar-refractivity contribution in [2.24, 2.45) is 0 Å². The molecule has 2 heterocycles. The Morgan fingerprint density at radius 2 is 2.00 bits per heavy atom. The van der Waals surface area contributed by atoms with E-state index < -0.39 is 10.0 Å². The summed E-state index contributed by atoms with van der Waals surface area (Å²) in [5.74, 6) is 0. The first-order valence-corrected chi connectivity index (χ1v) is 8.83. The van der Waals surface area contributed by atoms with Gasteiger partial charge in [-0.25, -0.2) is 8.42 Å². The molecule has 1 fully saturated rings. The lowest BCUT2D eigenvalue weighted by Gasteiger charge is -2.34. The largest absolute Gasteiger partial charge is 0.373 e. The highest BCUT2D eigenvalue weighted by Gasteiger charge is 2.42. The number of nitrogens with zero attached hydrogens (tertiary/aromatic N) is 1. The molecule has 0 aromatic heterocycles. The Morgan fingerprint density at radius 3 is 2.65 bits per heavy atom. The molecule has 2 aliphatic rings. The Balaban J connectivity index is 2.01. The molecule has 1 saturated heterocycles. The number of piperidine rings is 1. The van der Waals surface area contributed by atoms with Gasteiger partial charge in [-0.1, -0.05) is 0 Å². The fourth-order valence-electron chi connectivity index (χ4n) is 3.53. The number of sulfonamides is 1. The van der Waals surface area contributed by atoms with Crippen molar-refractivity contribution in [2.75, 3.05) is 42.6 Å². The van der Waals surface area contributed by atoms with Crippen molar-refractivity contribution in [1.29, 1.82) is 0 Å². The lowest BCUT2D eigenvalue weighted by molar-refractivity contribution is 0.328. The second-order valence-electron chi connectivity index (χ2n) is 5.99. The Hall–Kier alpha value is -1.27. The second-order valence-corrected chi connectivity index (χ2v) is 7.74. The van der Waals surface area contributed by atoms with E-state index in [2.05, 4.69) is 22.0 Å². The number of benzene rings is 1. The molecule has 1 aromatic carbocycles. The zero-order valence-corrected chi connectivity index (χ0v) is 12.8. The molecule has 0 unspecified atom stereocenters. The van der Waals surface area contributed by atoms with Gasteiger partial charge in [0.1, 0.15) is 0 Å². The summed E-state index contributed by atoms with van der Waals surface area (Å²) in [4.78, 5) is 2.28. The number of fused-ring (bicyclic) bond motifs is 2. The molecule has 20 heavy (non-hydrogen) atoms. The number of rotatable bonds is 2. The van der Waals surface area contributed by atoms with E-state index in [0.717, 1.165) is 32.5 Å². The Morgan fingerprint density at radius 1 is 1.30 bits per heavy atom. The first-order chi connectivity index (χ1) is 9.40. The zero-order chi connectivity index (χ0) is 14.4. The number of likely N-dealkylation sites (N-methyl/N-ethyl adjacent to an activating group) is 1. The molecule has 0 radical (unpaired) electrons. The predicted octanol–water partition coefficient (Wildman–Crippen LogP) is 1.13. The molecule has 0 bridgehead atoms. The maximum atomic E-state index is 11.4. The molecule has 6 heteroatoms. The fourth-order valence-corrected chi connectivity index (χ4v) is 4.08. The van der Waals surface area contributed by atoms with E-state index in [0.29, 0.717) is 5.69 Å². The summed E-state index contributed by atoms with van der Waals surface area (Å²) < 4.78 is 25.4. The quantitative estimate of drug-likeness (QED) is 0.858. The van der Waals surface area contributed by atoms with Crippen molar-refractivity contribution in [1.82, 2.24) is 5.32 Å². The van der Waals surface area contributed by atoms with Crippen molar-refractivity contribution in [2.45, 2.75) is 18.3 Å². The van der Waals surface area contributed by atoms with Crippen LogP contribution in [0, 0.1) is 0 Å². The molecule has 110 valence electrons. The highest BCUT2D eigenvalue weighted by atomic mass is 32.2. The summed E-state index contributed by atoms with van der Waals surface area (Å²) in [6, 6.07) is 5.89. The highest BCUT2D eigenvalue weighted by Crippen LogP contribution is 2.46. The van der Waals surface area contributed by atoms with Crippen LogP contribution in [0.2, 0.25) is 0 Å². The van der Waals surface area contributed by atoms with Crippen LogP contribution in [-0.4, -0.2) is 41.4 Å². The van der Waals surface area contributed by atoms with E-state index in [9.17, 15) is 8.42 Å². The molecule has 2 N–H and O–H groups in total. The van der Waals surface area contributed by atoms with Gasteiger partial charge in [0.25, 0.3) is 0 Å². The molecule has 0 atom stereocenters. The molecule has 0 amide bonds. The molecule has 1 aromatic rings. The van der Waals surface area contributed by atoms with Crippen LogP contribution in [0.25, 0.3) is 0 Å². The molecule has 1 spiro atoms. The third-order valence-electron chi connectivity index (χ3n) is 4.38. The topological polar surface area (TPSA) is 61.4 Å². The molecule has 5 nitrogen and oxygen atoms in total. The number of nitrogens with one attached hydrogen (secondary N) is 2. The van der Waals surface area contributed by atoms with Crippen LogP contribution < -0.4 is 14.9 Å². The van der Waals surface area contributed by atoms with Crippen LogP contribution >= 0.6 is 0 Å². The third kappa shape index (κ3) is 2.38. The summed E-state index contributed by atoms with van der Waals surface area (Å²) in [5.41, 5.74) is 3.35. The van der Waals surface area contributed by atoms with Gasteiger partial charge in [0, 0.05) is 30.4 Å². The highest BCUT2D eigenvalue weighted by molar-refractivity contribution is 7.92. The standard InChI is InChI=1S/C14H21N3O2S/c1-17-10-14(5-7-15-8-6-14)12-9-11(3-4-13(12)17)16-20(2,18)19/h3-4,9,15-16H,5-8,10H2,1-2H3. The Kier molecular flexibility index (Phi) is 3.17. The van der Waals surface area contributed by atoms with Crippen molar-refractivity contribution in [3.8, 4) is 0 Å². The minimum atomic E-state index is -3.23. The summed E-state index contributed by atoms with van der Waals surface area (Å²) in [5, 5.41) is 3.40. The van der Waals surface area contributed by atoms with Crippen molar-refractivity contribution in [3.63, 3.8) is 0 Å². The summed E-state index contributed by atoms with van der Waals surface area (Å²) in [6.07, 6.45) is 3.39. The van der Waals surface area contributed by atoms with Gasteiger partial charge in [-0.2, -0.15) is 0 Å². The molecule has 0 saturated carbocycles. The monoisotopic (exact) mass is 295 g/mol. The van der Waals surface area contributed by atoms with Crippen molar-refractivity contribution in [3.05, 3.63) is 23.8 Å². The zero-order valence-electron chi connectivity index (χ0n) is 11.9. The van der Waals surface area contributed by atoms with Crippen LogP contribution in [-0.2, 0) is 15.4 Å². The SMILES string of the molecule is CN1CC2(CCNCC2)c2cc(NS(C)(=O)=O)ccc21. The fraction of sp³-hybridized carbons (Fsp3) is 0.571. The summed E-state index contributed by atoms with van der Waals surface area (Å²) in [6.45, 7) is 3.07. The third-order valence-corrected chi connectivity index (χ3v) is 4.99. The number of anilines is 2. The Bertz CT molecular complexity index is 621. The van der Waals surface area contributed by atoms with E-state index in [1.165, 1.54) is 17.5 Å². The molecular formula is C14H21N3O2S. The predicted molar refractivity (Wildman–Crippen MR) is 82.0 cm³/mol. The molecule has 2 aliphatic heterocycles.